The van der Waals surface area contributed by atoms with Crippen LogP contribution in [-0.2, 0) is 14.3 Å². The Balaban J connectivity index is 3.34. The molecule has 522 valence electrons. The lowest BCUT2D eigenvalue weighted by Crippen LogP contribution is -2.45. The molecular weight excluding hydrogens is 1080 g/mol. The number of carbonyl (C=O) groups excluding carboxylic acids is 2. The van der Waals surface area contributed by atoms with E-state index in [1.54, 1.807) is 6.08 Å². The number of hydrogen-bond acceptors (Lipinski definition) is 5. The Morgan fingerprint density at radius 3 is 0.807 bits per heavy atom. The molecule has 6 nitrogen and oxygen atoms in total. The largest absolute Gasteiger partial charge is 0.466 e. The van der Waals surface area contributed by atoms with Gasteiger partial charge in [-0.1, -0.05) is 417 Å². The Morgan fingerprint density at radius 1 is 0.307 bits per heavy atom. The average molecular weight is 1240 g/mol. The smallest absolute Gasteiger partial charge is 0.305 e. The highest BCUT2D eigenvalue weighted by molar-refractivity contribution is 5.76. The number of nitrogens with one attached hydrogen (secondary N) is 1. The summed E-state index contributed by atoms with van der Waals surface area (Å²) in [6.45, 7) is 4.95. The maximum atomic E-state index is 12.6. The van der Waals surface area contributed by atoms with Crippen LogP contribution in [0.4, 0.5) is 0 Å². The number of esters is 1. The Bertz CT molecular complexity index is 1380. The van der Waals surface area contributed by atoms with E-state index in [0.29, 0.717) is 19.4 Å². The van der Waals surface area contributed by atoms with E-state index in [2.05, 4.69) is 31.3 Å². The van der Waals surface area contributed by atoms with Crippen LogP contribution in [0, 0.1) is 0 Å². The van der Waals surface area contributed by atoms with Gasteiger partial charge in [-0.25, -0.2) is 0 Å². The third-order valence-electron chi connectivity index (χ3n) is 19.2. The van der Waals surface area contributed by atoms with Crippen molar-refractivity contribution >= 4 is 11.9 Å². The molecule has 0 spiro atoms. The fraction of sp³-hybridized carbons (Fsp3) is 0.927. The van der Waals surface area contributed by atoms with Crippen molar-refractivity contribution in [2.45, 2.75) is 475 Å². The number of unbranched alkanes of at least 4 members (excludes halogenated alkanes) is 64. The zero-order valence-corrected chi connectivity index (χ0v) is 60.0. The standard InChI is InChI=1S/C82H159NO5/c1-3-5-7-9-11-13-15-17-19-21-22-23-36-39-43-46-50-54-58-62-66-70-74-80(85)79(78-84)83-81(86)75-71-67-63-59-55-51-47-44-40-37-34-32-30-28-26-24-25-27-29-31-33-35-38-41-45-49-53-57-61-65-69-73-77-88-82(87)76-72-68-64-60-56-52-48-42-20-18-16-14-12-10-8-6-4-2/h18,20,70,74,79-80,84-85H,3-17,19,21-69,71-73,75-78H2,1-2H3,(H,83,86)/b20-18-,74-70+. The van der Waals surface area contributed by atoms with Gasteiger partial charge in [-0.05, 0) is 57.8 Å². The third kappa shape index (κ3) is 73.4. The van der Waals surface area contributed by atoms with E-state index in [9.17, 15) is 19.8 Å². The SMILES string of the molecule is CCCCCCCC/C=C\CCCCCCCCCC(=O)OCCCCCCCCCCCCCCCCCCCCCCCCCCCCCCCCCCC(=O)NC(CO)C(O)/C=C/CCCCCCCCCCCCCCCCCCCCCC. The van der Waals surface area contributed by atoms with Crippen molar-refractivity contribution < 1.29 is 24.5 Å². The molecule has 0 saturated heterocycles. The van der Waals surface area contributed by atoms with Crippen molar-refractivity contribution in [3.8, 4) is 0 Å². The van der Waals surface area contributed by atoms with Gasteiger partial charge in [0.1, 0.15) is 0 Å². The molecule has 1 amide bonds. The summed E-state index contributed by atoms with van der Waals surface area (Å²) in [6.07, 6.45) is 100. The average Bonchev–Trinajstić information content (AvgIpc) is 3.58. The van der Waals surface area contributed by atoms with Crippen molar-refractivity contribution in [1.29, 1.82) is 0 Å². The van der Waals surface area contributed by atoms with Gasteiger partial charge in [0.15, 0.2) is 0 Å². The van der Waals surface area contributed by atoms with Gasteiger partial charge in [-0.3, -0.25) is 9.59 Å². The summed E-state index contributed by atoms with van der Waals surface area (Å²) in [5.74, 6) is -0.0396. The van der Waals surface area contributed by atoms with E-state index >= 15 is 0 Å². The number of ether oxygens (including phenoxy) is 1. The predicted octanol–water partition coefficient (Wildman–Crippen LogP) is 26.8. The number of rotatable bonds is 77. The number of aliphatic hydroxyl groups excluding tert-OH is 2. The van der Waals surface area contributed by atoms with Crippen LogP contribution in [0.25, 0.3) is 0 Å². The van der Waals surface area contributed by atoms with E-state index in [1.807, 2.05) is 6.08 Å². The van der Waals surface area contributed by atoms with E-state index in [-0.39, 0.29) is 18.5 Å². The second kappa shape index (κ2) is 77.8. The molecule has 0 fully saturated rings. The van der Waals surface area contributed by atoms with Gasteiger partial charge in [0.2, 0.25) is 5.91 Å². The zero-order valence-electron chi connectivity index (χ0n) is 60.0. The Hall–Kier alpha value is -1.66. The van der Waals surface area contributed by atoms with Crippen LogP contribution in [-0.4, -0.2) is 47.4 Å². The molecule has 0 saturated carbocycles. The van der Waals surface area contributed by atoms with Crippen LogP contribution in [0.15, 0.2) is 24.3 Å². The molecule has 0 aliphatic rings. The zero-order chi connectivity index (χ0) is 63.5. The molecular formula is C82H159NO5. The summed E-state index contributed by atoms with van der Waals surface area (Å²) in [7, 11) is 0. The van der Waals surface area contributed by atoms with Crippen molar-refractivity contribution in [1.82, 2.24) is 5.32 Å². The minimum Gasteiger partial charge on any atom is -0.466 e. The molecule has 3 N–H and O–H groups in total. The van der Waals surface area contributed by atoms with Gasteiger partial charge >= 0.3 is 5.97 Å². The molecule has 2 unspecified atom stereocenters. The molecule has 0 aliphatic heterocycles. The fourth-order valence-corrected chi connectivity index (χ4v) is 13.0. The van der Waals surface area contributed by atoms with Crippen LogP contribution in [0.3, 0.4) is 0 Å². The van der Waals surface area contributed by atoms with Crippen LogP contribution < -0.4 is 5.32 Å². The first-order chi connectivity index (χ1) is 43.5. The molecule has 0 aromatic rings. The van der Waals surface area contributed by atoms with Gasteiger partial charge in [-0.2, -0.15) is 0 Å². The first kappa shape index (κ1) is 86.3. The van der Waals surface area contributed by atoms with E-state index in [1.165, 1.54) is 392 Å². The Labute approximate surface area is 551 Å². The van der Waals surface area contributed by atoms with Crippen molar-refractivity contribution in [2.75, 3.05) is 13.2 Å². The topological polar surface area (TPSA) is 95.9 Å². The van der Waals surface area contributed by atoms with Crippen LogP contribution in [0.1, 0.15) is 463 Å². The van der Waals surface area contributed by atoms with Gasteiger partial charge < -0.3 is 20.3 Å². The second-order valence-electron chi connectivity index (χ2n) is 28.1. The molecule has 6 heteroatoms. The summed E-state index contributed by atoms with van der Waals surface area (Å²) in [6, 6.07) is -0.625. The predicted molar refractivity (Wildman–Crippen MR) is 389 cm³/mol. The lowest BCUT2D eigenvalue weighted by molar-refractivity contribution is -0.143. The molecule has 88 heavy (non-hydrogen) atoms. The second-order valence-corrected chi connectivity index (χ2v) is 28.1. The quantitative estimate of drug-likeness (QED) is 0.0320. The Morgan fingerprint density at radius 2 is 0.534 bits per heavy atom. The minimum absolute atomic E-state index is 0.0187. The molecule has 2 atom stereocenters. The third-order valence-corrected chi connectivity index (χ3v) is 19.2. The molecule has 0 bridgehead atoms. The molecule has 0 heterocycles. The molecule has 0 aromatic heterocycles. The highest BCUT2D eigenvalue weighted by atomic mass is 16.5. The van der Waals surface area contributed by atoms with Gasteiger partial charge in [0.25, 0.3) is 0 Å². The van der Waals surface area contributed by atoms with E-state index < -0.39 is 12.1 Å². The lowest BCUT2D eigenvalue weighted by Gasteiger charge is -2.20. The molecule has 0 radical (unpaired) electrons. The summed E-state index contributed by atoms with van der Waals surface area (Å²) >= 11 is 0. The fourth-order valence-electron chi connectivity index (χ4n) is 13.0. The molecule has 0 aliphatic carbocycles. The summed E-state index contributed by atoms with van der Waals surface area (Å²) < 4.78 is 5.51. The Kier molecular flexibility index (Phi) is 76.3. The van der Waals surface area contributed by atoms with Crippen molar-refractivity contribution in [3.63, 3.8) is 0 Å². The first-order valence-electron chi connectivity index (χ1n) is 40.6. The number of hydrogen-bond donors (Lipinski definition) is 3. The normalized spacial score (nSPS) is 12.5. The highest BCUT2D eigenvalue weighted by Gasteiger charge is 2.18. The van der Waals surface area contributed by atoms with E-state index in [4.69, 9.17) is 4.74 Å². The highest BCUT2D eigenvalue weighted by Crippen LogP contribution is 2.20. The summed E-state index contributed by atoms with van der Waals surface area (Å²) in [5.41, 5.74) is 0. The first-order valence-corrected chi connectivity index (χ1v) is 40.6. The molecule has 0 rings (SSSR count). The lowest BCUT2D eigenvalue weighted by atomic mass is 10.0. The van der Waals surface area contributed by atoms with E-state index in [0.717, 1.165) is 44.9 Å². The van der Waals surface area contributed by atoms with Gasteiger partial charge in [0, 0.05) is 12.8 Å². The molecule has 0 aromatic carbocycles. The summed E-state index contributed by atoms with van der Waals surface area (Å²) in [4.78, 5) is 24.7. The number of aliphatic hydroxyl groups is 2. The van der Waals surface area contributed by atoms with Crippen molar-refractivity contribution in [2.24, 2.45) is 0 Å². The van der Waals surface area contributed by atoms with Gasteiger partial charge in [-0.15, -0.1) is 0 Å². The maximum absolute atomic E-state index is 12.6. The number of amides is 1. The van der Waals surface area contributed by atoms with Crippen molar-refractivity contribution in [3.05, 3.63) is 24.3 Å². The van der Waals surface area contributed by atoms with Crippen LogP contribution in [0.2, 0.25) is 0 Å². The monoisotopic (exact) mass is 1240 g/mol. The maximum Gasteiger partial charge on any atom is 0.305 e. The minimum atomic E-state index is -0.842. The number of allylic oxidation sites excluding steroid dienone is 3. The van der Waals surface area contributed by atoms with Gasteiger partial charge in [0.05, 0.1) is 25.4 Å². The number of carbonyl (C=O) groups is 2. The van der Waals surface area contributed by atoms with Crippen LogP contribution in [0.5, 0.6) is 0 Å². The van der Waals surface area contributed by atoms with Crippen LogP contribution >= 0.6 is 0 Å². The summed E-state index contributed by atoms with van der Waals surface area (Å²) in [5, 5.41) is 23.3.